The molecule has 136 valence electrons. The zero-order valence-corrected chi connectivity index (χ0v) is 15.5. The SMILES string of the molecule is O=c1[nH]c(N2CCC3(CC2)CNc2cc(Cl)ccc23)nc2c1CCCC2. The van der Waals surface area contributed by atoms with Crippen molar-refractivity contribution in [3.8, 4) is 0 Å². The first kappa shape index (κ1) is 16.2. The molecule has 26 heavy (non-hydrogen) atoms. The molecule has 6 heteroatoms. The Balaban J connectivity index is 1.39. The van der Waals surface area contributed by atoms with Gasteiger partial charge in [0.25, 0.3) is 5.56 Å². The smallest absolute Gasteiger partial charge is 0.255 e. The summed E-state index contributed by atoms with van der Waals surface area (Å²) in [4.78, 5) is 22.5. The second kappa shape index (κ2) is 6.02. The molecule has 0 saturated carbocycles. The first-order valence-corrected chi connectivity index (χ1v) is 9.93. The van der Waals surface area contributed by atoms with Crippen molar-refractivity contribution in [2.24, 2.45) is 0 Å². The summed E-state index contributed by atoms with van der Waals surface area (Å²) >= 11 is 6.14. The van der Waals surface area contributed by atoms with Crippen LogP contribution in [-0.4, -0.2) is 29.6 Å². The first-order chi connectivity index (χ1) is 12.6. The largest absolute Gasteiger partial charge is 0.384 e. The molecule has 1 aromatic carbocycles. The molecule has 1 spiro atoms. The van der Waals surface area contributed by atoms with Gasteiger partial charge in [0.1, 0.15) is 0 Å². The van der Waals surface area contributed by atoms with Crippen molar-refractivity contribution in [3.05, 3.63) is 50.4 Å². The normalized spacial score (nSPS) is 20.6. The molecule has 1 saturated heterocycles. The van der Waals surface area contributed by atoms with E-state index in [1.165, 1.54) is 11.3 Å². The van der Waals surface area contributed by atoms with Crippen molar-refractivity contribution < 1.29 is 0 Å². The van der Waals surface area contributed by atoms with Gasteiger partial charge in [-0.1, -0.05) is 17.7 Å². The van der Waals surface area contributed by atoms with E-state index in [9.17, 15) is 4.79 Å². The predicted octanol–water partition coefficient (Wildman–Crippen LogP) is 3.27. The minimum Gasteiger partial charge on any atom is -0.384 e. The van der Waals surface area contributed by atoms with E-state index < -0.39 is 0 Å². The molecule has 1 fully saturated rings. The maximum absolute atomic E-state index is 12.4. The molecule has 0 unspecified atom stereocenters. The molecule has 2 N–H and O–H groups in total. The zero-order chi connectivity index (χ0) is 17.7. The van der Waals surface area contributed by atoms with E-state index in [-0.39, 0.29) is 11.0 Å². The lowest BCUT2D eigenvalue weighted by atomic mass is 9.74. The number of aromatic amines is 1. The minimum absolute atomic E-state index is 0.0625. The molecule has 0 radical (unpaired) electrons. The Bertz CT molecular complexity index is 915. The molecule has 1 aliphatic carbocycles. The maximum atomic E-state index is 12.4. The van der Waals surface area contributed by atoms with Crippen LogP contribution >= 0.6 is 11.6 Å². The van der Waals surface area contributed by atoms with E-state index in [0.717, 1.165) is 80.4 Å². The first-order valence-electron chi connectivity index (χ1n) is 9.56. The predicted molar refractivity (Wildman–Crippen MR) is 105 cm³/mol. The van der Waals surface area contributed by atoms with Gasteiger partial charge in [-0.15, -0.1) is 0 Å². The van der Waals surface area contributed by atoms with Crippen LogP contribution in [0.25, 0.3) is 0 Å². The molecule has 1 aromatic heterocycles. The molecule has 0 atom stereocenters. The summed E-state index contributed by atoms with van der Waals surface area (Å²) in [5, 5.41) is 4.31. The zero-order valence-electron chi connectivity index (χ0n) is 14.8. The number of piperidine rings is 1. The lowest BCUT2D eigenvalue weighted by Crippen LogP contribution is -2.45. The van der Waals surface area contributed by atoms with Crippen LogP contribution in [0.1, 0.15) is 42.5 Å². The van der Waals surface area contributed by atoms with Crippen LogP contribution < -0.4 is 15.8 Å². The Morgan fingerprint density at radius 2 is 1.96 bits per heavy atom. The van der Waals surface area contributed by atoms with Crippen LogP contribution in [-0.2, 0) is 18.3 Å². The number of rotatable bonds is 1. The van der Waals surface area contributed by atoms with E-state index in [0.29, 0.717) is 0 Å². The fourth-order valence-electron chi connectivity index (χ4n) is 4.82. The standard InChI is InChI=1S/C20H23ClN4O/c21-13-5-6-15-17(11-13)22-12-20(15)7-9-25(10-8-20)19-23-16-4-2-1-3-14(16)18(26)24-19/h5-6,11,22H,1-4,7-10,12H2,(H,23,24,26). The summed E-state index contributed by atoms with van der Waals surface area (Å²) in [6.45, 7) is 2.78. The van der Waals surface area contributed by atoms with Crippen LogP contribution in [0.5, 0.6) is 0 Å². The van der Waals surface area contributed by atoms with Gasteiger partial charge in [0.2, 0.25) is 5.95 Å². The van der Waals surface area contributed by atoms with Crippen LogP contribution in [0.3, 0.4) is 0 Å². The Morgan fingerprint density at radius 3 is 2.81 bits per heavy atom. The molecule has 2 aromatic rings. The highest BCUT2D eigenvalue weighted by Gasteiger charge is 2.41. The van der Waals surface area contributed by atoms with Crippen molar-refractivity contribution in [3.63, 3.8) is 0 Å². The van der Waals surface area contributed by atoms with Gasteiger partial charge in [-0.05, 0) is 56.2 Å². The number of hydrogen-bond acceptors (Lipinski definition) is 4. The van der Waals surface area contributed by atoms with Gasteiger partial charge < -0.3 is 10.2 Å². The van der Waals surface area contributed by atoms with Crippen molar-refractivity contribution in [2.45, 2.75) is 43.9 Å². The summed E-state index contributed by atoms with van der Waals surface area (Å²) in [5.41, 5.74) is 4.70. The Kier molecular flexibility index (Phi) is 3.74. The van der Waals surface area contributed by atoms with Gasteiger partial charge in [-0.25, -0.2) is 4.98 Å². The molecule has 3 heterocycles. The van der Waals surface area contributed by atoms with Gasteiger partial charge in [0, 0.05) is 41.3 Å². The van der Waals surface area contributed by atoms with Gasteiger partial charge in [0.15, 0.2) is 0 Å². The number of halogens is 1. The summed E-state index contributed by atoms with van der Waals surface area (Å²) in [6.07, 6.45) is 6.13. The van der Waals surface area contributed by atoms with Gasteiger partial charge >= 0.3 is 0 Å². The molecule has 2 aliphatic heterocycles. The number of benzene rings is 1. The fraction of sp³-hybridized carbons (Fsp3) is 0.500. The second-order valence-corrected chi connectivity index (χ2v) is 8.27. The van der Waals surface area contributed by atoms with Crippen LogP contribution in [0.2, 0.25) is 5.02 Å². The molecule has 3 aliphatic rings. The highest BCUT2D eigenvalue weighted by atomic mass is 35.5. The fourth-order valence-corrected chi connectivity index (χ4v) is 4.99. The monoisotopic (exact) mass is 370 g/mol. The van der Waals surface area contributed by atoms with Crippen LogP contribution in [0, 0.1) is 0 Å². The lowest BCUT2D eigenvalue weighted by molar-refractivity contribution is 0.359. The average molecular weight is 371 g/mol. The number of aryl methyl sites for hydroxylation is 1. The highest BCUT2D eigenvalue weighted by Crippen LogP contribution is 2.45. The minimum atomic E-state index is 0.0625. The summed E-state index contributed by atoms with van der Waals surface area (Å²) in [5.74, 6) is 0.757. The van der Waals surface area contributed by atoms with E-state index >= 15 is 0 Å². The third-order valence-electron chi connectivity index (χ3n) is 6.37. The molecule has 0 amide bonds. The molecule has 0 bridgehead atoms. The number of nitrogens with zero attached hydrogens (tertiary/aromatic N) is 2. The number of fused-ring (bicyclic) bond motifs is 3. The van der Waals surface area contributed by atoms with E-state index in [1.54, 1.807) is 0 Å². The third-order valence-corrected chi connectivity index (χ3v) is 6.60. The van der Waals surface area contributed by atoms with Crippen LogP contribution in [0.15, 0.2) is 23.0 Å². The van der Waals surface area contributed by atoms with Gasteiger partial charge in [0.05, 0.1) is 5.69 Å². The maximum Gasteiger partial charge on any atom is 0.255 e. The molecule has 5 nitrogen and oxygen atoms in total. The summed E-state index contributed by atoms with van der Waals surface area (Å²) in [7, 11) is 0. The Morgan fingerprint density at radius 1 is 1.15 bits per heavy atom. The van der Waals surface area contributed by atoms with Crippen LogP contribution in [0.4, 0.5) is 11.6 Å². The van der Waals surface area contributed by atoms with Crippen molar-refractivity contribution in [1.82, 2.24) is 9.97 Å². The van der Waals surface area contributed by atoms with Crippen molar-refractivity contribution in [1.29, 1.82) is 0 Å². The second-order valence-electron chi connectivity index (χ2n) is 7.83. The van der Waals surface area contributed by atoms with Crippen molar-refractivity contribution >= 4 is 23.2 Å². The number of H-pyrrole nitrogens is 1. The van der Waals surface area contributed by atoms with E-state index in [4.69, 9.17) is 16.6 Å². The average Bonchev–Trinajstić information content (AvgIpc) is 3.00. The lowest BCUT2D eigenvalue weighted by Gasteiger charge is -2.39. The van der Waals surface area contributed by atoms with Gasteiger partial charge in [-0.2, -0.15) is 0 Å². The number of aromatic nitrogens is 2. The molecular formula is C20H23ClN4O. The Labute approximate surface area is 157 Å². The number of anilines is 2. The number of nitrogens with one attached hydrogen (secondary N) is 2. The molecule has 5 rings (SSSR count). The Hall–Kier alpha value is -2.01. The number of hydrogen-bond donors (Lipinski definition) is 2. The van der Waals surface area contributed by atoms with Crippen molar-refractivity contribution in [2.75, 3.05) is 29.9 Å². The highest BCUT2D eigenvalue weighted by molar-refractivity contribution is 6.30. The van der Waals surface area contributed by atoms with Gasteiger partial charge in [-0.3, -0.25) is 9.78 Å². The third kappa shape index (κ3) is 2.52. The summed E-state index contributed by atoms with van der Waals surface area (Å²) in [6, 6.07) is 6.19. The van der Waals surface area contributed by atoms with E-state index in [1.807, 2.05) is 12.1 Å². The molecular weight excluding hydrogens is 348 g/mol. The topological polar surface area (TPSA) is 61.0 Å². The van der Waals surface area contributed by atoms with E-state index in [2.05, 4.69) is 21.3 Å². The summed E-state index contributed by atoms with van der Waals surface area (Å²) < 4.78 is 0. The quantitative estimate of drug-likeness (QED) is 0.808.